The normalized spacial score (nSPS) is 22.4. The Labute approximate surface area is 195 Å². The predicted octanol–water partition coefficient (Wildman–Crippen LogP) is 1.46. The number of hydrogen-bond donors (Lipinski definition) is 3. The molecule has 0 unspecified atom stereocenters. The van der Waals surface area contributed by atoms with Crippen LogP contribution in [0.1, 0.15) is 43.4 Å². The number of carboxylic acids is 1. The molecule has 0 saturated carbocycles. The van der Waals surface area contributed by atoms with Crippen LogP contribution in [0.4, 0.5) is 5.82 Å². The van der Waals surface area contributed by atoms with Gasteiger partial charge in [0.15, 0.2) is 0 Å². The minimum atomic E-state index is -0.977. The number of hydrogen-bond acceptors (Lipinski definition) is 7. The summed E-state index contributed by atoms with van der Waals surface area (Å²) in [6.45, 7) is 5.03. The number of anilines is 1. The number of aromatic nitrogens is 1. The fourth-order valence-corrected chi connectivity index (χ4v) is 4.79. The molecule has 0 bridgehead atoms. The van der Waals surface area contributed by atoms with Crippen LogP contribution in [-0.4, -0.2) is 85.0 Å². The second-order valence-corrected chi connectivity index (χ2v) is 9.25. The average molecular weight is 461 g/mol. The van der Waals surface area contributed by atoms with E-state index in [1.165, 1.54) is 5.56 Å². The Morgan fingerprint density at radius 2 is 2.15 bits per heavy atom. The van der Waals surface area contributed by atoms with Crippen molar-refractivity contribution in [1.29, 1.82) is 0 Å². The minimum absolute atomic E-state index is 0.148. The van der Waals surface area contributed by atoms with Crippen LogP contribution in [0.5, 0.6) is 0 Å². The first-order valence-corrected chi connectivity index (χ1v) is 12.3. The highest BCUT2D eigenvalue weighted by atomic mass is 16.5. The van der Waals surface area contributed by atoms with Crippen molar-refractivity contribution in [3.8, 4) is 0 Å². The number of aliphatic carboxylic acids is 1. The molecule has 1 amide bonds. The van der Waals surface area contributed by atoms with Crippen molar-refractivity contribution in [2.24, 2.45) is 5.92 Å². The maximum absolute atomic E-state index is 12.4. The molecule has 2 saturated heterocycles. The zero-order chi connectivity index (χ0) is 23.0. The summed E-state index contributed by atoms with van der Waals surface area (Å²) < 4.78 is 11.4. The number of aryl methyl sites for hydroxylation is 1. The first-order chi connectivity index (χ1) is 16.1. The number of likely N-dealkylation sites (tertiary alicyclic amines) is 1. The quantitative estimate of drug-likeness (QED) is 0.481. The topological polar surface area (TPSA) is 113 Å². The number of carbonyl (C=O) groups excluding carboxylic acids is 1. The molecular formula is C24H36N4O5. The molecule has 0 radical (unpaired) electrons. The van der Waals surface area contributed by atoms with E-state index in [1.807, 2.05) is 0 Å². The lowest BCUT2D eigenvalue weighted by atomic mass is 9.99. The molecule has 1 aromatic rings. The second kappa shape index (κ2) is 11.8. The molecule has 4 heterocycles. The summed E-state index contributed by atoms with van der Waals surface area (Å²) in [5, 5.41) is 15.7. The molecule has 3 aliphatic rings. The highest BCUT2D eigenvalue weighted by Gasteiger charge is 2.29. The fourth-order valence-electron chi connectivity index (χ4n) is 4.79. The monoisotopic (exact) mass is 460 g/mol. The molecule has 33 heavy (non-hydrogen) atoms. The lowest BCUT2D eigenvalue weighted by Gasteiger charge is -2.24. The second-order valence-electron chi connectivity index (χ2n) is 9.25. The van der Waals surface area contributed by atoms with Gasteiger partial charge in [-0.3, -0.25) is 4.79 Å². The first-order valence-electron chi connectivity index (χ1n) is 12.3. The van der Waals surface area contributed by atoms with Crippen molar-refractivity contribution in [3.05, 3.63) is 23.4 Å². The SMILES string of the molecule is O=C(N[C@@H](CCN1CC[C@@H](OCCc2ccc3c(n2)NCCC3)C1)C(=O)O)C1CCOCC1. The Bertz CT molecular complexity index is 814. The van der Waals surface area contributed by atoms with Gasteiger partial charge in [0, 0.05) is 57.4 Å². The molecule has 1 aromatic heterocycles. The summed E-state index contributed by atoms with van der Waals surface area (Å²) in [6, 6.07) is 3.40. The van der Waals surface area contributed by atoms with Gasteiger partial charge in [0.25, 0.3) is 0 Å². The smallest absolute Gasteiger partial charge is 0.326 e. The molecule has 0 aliphatic carbocycles. The van der Waals surface area contributed by atoms with E-state index in [0.29, 0.717) is 45.6 Å². The van der Waals surface area contributed by atoms with Gasteiger partial charge >= 0.3 is 5.97 Å². The van der Waals surface area contributed by atoms with Crippen LogP contribution in [0, 0.1) is 5.92 Å². The van der Waals surface area contributed by atoms with Gasteiger partial charge in [-0.1, -0.05) is 6.07 Å². The van der Waals surface area contributed by atoms with Crippen LogP contribution in [0.2, 0.25) is 0 Å². The molecule has 3 N–H and O–H groups in total. The molecule has 9 heteroatoms. The van der Waals surface area contributed by atoms with E-state index in [2.05, 4.69) is 27.7 Å². The molecule has 2 fully saturated rings. The number of nitrogens with zero attached hydrogens (tertiary/aromatic N) is 2. The summed E-state index contributed by atoms with van der Waals surface area (Å²) in [4.78, 5) is 31.0. The number of nitrogens with one attached hydrogen (secondary N) is 2. The number of carbonyl (C=O) groups is 2. The zero-order valence-corrected chi connectivity index (χ0v) is 19.3. The summed E-state index contributed by atoms with van der Waals surface area (Å²) in [5.74, 6) is -0.276. The Hall–Kier alpha value is -2.23. The lowest BCUT2D eigenvalue weighted by molar-refractivity contribution is -0.143. The zero-order valence-electron chi connectivity index (χ0n) is 19.3. The number of ether oxygens (including phenoxy) is 2. The maximum atomic E-state index is 12.4. The predicted molar refractivity (Wildman–Crippen MR) is 123 cm³/mol. The number of carboxylic acid groups (broad SMARTS) is 1. The third-order valence-corrected chi connectivity index (χ3v) is 6.83. The van der Waals surface area contributed by atoms with E-state index in [9.17, 15) is 14.7 Å². The molecule has 2 atom stereocenters. The van der Waals surface area contributed by atoms with Crippen LogP contribution < -0.4 is 10.6 Å². The Kier molecular flexibility index (Phi) is 8.52. The van der Waals surface area contributed by atoms with Gasteiger partial charge in [0.2, 0.25) is 5.91 Å². The number of rotatable bonds is 10. The molecule has 0 spiro atoms. The Morgan fingerprint density at radius 3 is 2.97 bits per heavy atom. The molecule has 0 aromatic carbocycles. The van der Waals surface area contributed by atoms with Crippen molar-refractivity contribution in [2.75, 3.05) is 51.3 Å². The summed E-state index contributed by atoms with van der Waals surface area (Å²) in [7, 11) is 0. The van der Waals surface area contributed by atoms with E-state index in [4.69, 9.17) is 14.5 Å². The Balaban J connectivity index is 1.15. The van der Waals surface area contributed by atoms with Crippen molar-refractivity contribution in [2.45, 2.75) is 57.1 Å². The van der Waals surface area contributed by atoms with Gasteiger partial charge < -0.3 is 30.1 Å². The molecule has 182 valence electrons. The third kappa shape index (κ3) is 6.88. The largest absolute Gasteiger partial charge is 0.480 e. The summed E-state index contributed by atoms with van der Waals surface area (Å²) in [5.41, 5.74) is 2.34. The van der Waals surface area contributed by atoms with Crippen molar-refractivity contribution < 1.29 is 24.2 Å². The van der Waals surface area contributed by atoms with Gasteiger partial charge in [-0.15, -0.1) is 0 Å². The van der Waals surface area contributed by atoms with E-state index in [0.717, 1.165) is 56.8 Å². The molecule has 4 rings (SSSR count). The van der Waals surface area contributed by atoms with Crippen molar-refractivity contribution in [1.82, 2.24) is 15.2 Å². The van der Waals surface area contributed by atoms with Crippen molar-refractivity contribution >= 4 is 17.7 Å². The average Bonchev–Trinajstić information content (AvgIpc) is 3.29. The van der Waals surface area contributed by atoms with Crippen LogP contribution in [0.15, 0.2) is 12.1 Å². The van der Waals surface area contributed by atoms with E-state index >= 15 is 0 Å². The van der Waals surface area contributed by atoms with Crippen LogP contribution in [-0.2, 0) is 31.9 Å². The van der Waals surface area contributed by atoms with Crippen molar-refractivity contribution in [3.63, 3.8) is 0 Å². The maximum Gasteiger partial charge on any atom is 0.326 e. The summed E-state index contributed by atoms with van der Waals surface area (Å²) in [6.07, 6.45) is 5.82. The van der Waals surface area contributed by atoms with E-state index in [1.54, 1.807) is 0 Å². The van der Waals surface area contributed by atoms with Gasteiger partial charge in [-0.05, 0) is 50.2 Å². The third-order valence-electron chi connectivity index (χ3n) is 6.83. The first kappa shape index (κ1) is 23.9. The highest BCUT2D eigenvalue weighted by molar-refractivity contribution is 5.85. The fraction of sp³-hybridized carbons (Fsp3) is 0.708. The van der Waals surface area contributed by atoms with Gasteiger partial charge in [-0.2, -0.15) is 0 Å². The standard InChI is InChI=1S/C24H36N4O5/c29-23(18-7-13-32-14-8-18)27-21(24(30)31)6-12-28-11-5-20(16-28)33-15-9-19-4-3-17-2-1-10-25-22(17)26-19/h3-4,18,20-21H,1-2,5-16H2,(H,25,26)(H,27,29)(H,30,31)/t20-,21+/m1/s1. The van der Waals surface area contributed by atoms with Crippen LogP contribution in [0.3, 0.4) is 0 Å². The molecule has 3 aliphatic heterocycles. The number of amides is 1. The van der Waals surface area contributed by atoms with Crippen LogP contribution in [0.25, 0.3) is 0 Å². The van der Waals surface area contributed by atoms with Gasteiger partial charge in [-0.25, -0.2) is 9.78 Å². The lowest BCUT2D eigenvalue weighted by Crippen LogP contribution is -2.46. The molecule has 9 nitrogen and oxygen atoms in total. The molecular weight excluding hydrogens is 424 g/mol. The summed E-state index contributed by atoms with van der Waals surface area (Å²) >= 11 is 0. The Morgan fingerprint density at radius 1 is 1.30 bits per heavy atom. The van der Waals surface area contributed by atoms with E-state index in [-0.39, 0.29) is 17.9 Å². The van der Waals surface area contributed by atoms with Gasteiger partial charge in [0.1, 0.15) is 11.9 Å². The van der Waals surface area contributed by atoms with Gasteiger partial charge in [0.05, 0.1) is 12.7 Å². The highest BCUT2D eigenvalue weighted by Crippen LogP contribution is 2.20. The number of fused-ring (bicyclic) bond motifs is 1. The van der Waals surface area contributed by atoms with Crippen LogP contribution >= 0.6 is 0 Å². The van der Waals surface area contributed by atoms with E-state index < -0.39 is 12.0 Å². The minimum Gasteiger partial charge on any atom is -0.480 e. The number of pyridine rings is 1.